The van der Waals surface area contributed by atoms with Gasteiger partial charge < -0.3 is 0 Å². The van der Waals surface area contributed by atoms with E-state index >= 15 is 0 Å². The zero-order valence-electron chi connectivity index (χ0n) is 8.28. The minimum atomic E-state index is -0.384. The quantitative estimate of drug-likeness (QED) is 0.460. The normalized spacial score (nSPS) is 33.9. The lowest BCUT2D eigenvalue weighted by Gasteiger charge is -2.42. The summed E-state index contributed by atoms with van der Waals surface area (Å²) in [5.41, 5.74) is 3.31. The van der Waals surface area contributed by atoms with Crippen molar-refractivity contribution in [1.82, 2.24) is 0 Å². The maximum Gasteiger partial charge on any atom is 0.147 e. The number of rotatable bonds is 0. The van der Waals surface area contributed by atoms with Crippen molar-refractivity contribution in [3.05, 3.63) is 47.0 Å². The van der Waals surface area contributed by atoms with E-state index < -0.39 is 0 Å². The maximum atomic E-state index is 5.43. The second-order valence-corrected chi connectivity index (χ2v) is 4.07. The smallest absolute Gasteiger partial charge is 0.147 e. The average molecular weight is 188 g/mol. The second-order valence-electron chi connectivity index (χ2n) is 4.07. The van der Waals surface area contributed by atoms with Crippen molar-refractivity contribution in [2.45, 2.75) is 25.6 Å². The molecule has 3 aliphatic rings. The molecule has 0 radical (unpaired) electrons. The van der Waals surface area contributed by atoms with Crippen LogP contribution in [0.2, 0.25) is 0 Å². The van der Waals surface area contributed by atoms with Crippen LogP contribution in [-0.2, 0) is 15.4 Å². The predicted octanol–water partition coefficient (Wildman–Crippen LogP) is 2.86. The van der Waals surface area contributed by atoms with Crippen molar-refractivity contribution in [3.63, 3.8) is 0 Å². The summed E-state index contributed by atoms with van der Waals surface area (Å²) in [7, 11) is 0. The fourth-order valence-corrected chi connectivity index (χ4v) is 2.21. The van der Waals surface area contributed by atoms with Gasteiger partial charge in [0.25, 0.3) is 0 Å². The molecule has 1 aromatic carbocycles. The van der Waals surface area contributed by atoms with Gasteiger partial charge in [0, 0.05) is 0 Å². The highest BCUT2D eigenvalue weighted by Crippen LogP contribution is 2.48. The molecule has 2 heteroatoms. The molecule has 72 valence electrons. The van der Waals surface area contributed by atoms with Gasteiger partial charge in [0.15, 0.2) is 0 Å². The van der Waals surface area contributed by atoms with Gasteiger partial charge >= 0.3 is 0 Å². The molecule has 2 nitrogen and oxygen atoms in total. The van der Waals surface area contributed by atoms with Crippen LogP contribution in [0.25, 0.3) is 0 Å². The van der Waals surface area contributed by atoms with E-state index in [2.05, 4.69) is 25.1 Å². The molecule has 0 aromatic heterocycles. The summed E-state index contributed by atoms with van der Waals surface area (Å²) in [4.78, 5) is 10.7. The molecular weight excluding hydrogens is 176 g/mol. The number of hydrogen-bond acceptors (Lipinski definition) is 2. The Kier molecular flexibility index (Phi) is 1.45. The first-order valence-corrected chi connectivity index (χ1v) is 4.84. The SMILES string of the molecule is CC1=CC2OOC1(C)c1ccccc12. The molecule has 1 aliphatic carbocycles. The van der Waals surface area contributed by atoms with Gasteiger partial charge in [-0.3, -0.25) is 0 Å². The Labute approximate surface area is 83.1 Å². The Morgan fingerprint density at radius 3 is 2.86 bits per heavy atom. The van der Waals surface area contributed by atoms with Crippen LogP contribution in [0, 0.1) is 0 Å². The summed E-state index contributed by atoms with van der Waals surface area (Å²) in [5.74, 6) is 0. The van der Waals surface area contributed by atoms with E-state index in [0.717, 1.165) is 0 Å². The zero-order chi connectivity index (χ0) is 9.76. The van der Waals surface area contributed by atoms with Crippen molar-refractivity contribution in [2.75, 3.05) is 0 Å². The number of hydrogen-bond donors (Lipinski definition) is 0. The zero-order valence-corrected chi connectivity index (χ0v) is 8.28. The standard InChI is InChI=1S/C12H12O2/c1-8-7-11-9-5-3-4-6-10(9)12(8,2)14-13-11/h3-7,11H,1-2H3. The topological polar surface area (TPSA) is 18.5 Å². The molecule has 1 aromatic rings. The van der Waals surface area contributed by atoms with Gasteiger partial charge in [-0.05, 0) is 36.6 Å². The first kappa shape index (κ1) is 8.21. The lowest BCUT2D eigenvalue weighted by Crippen LogP contribution is -2.38. The van der Waals surface area contributed by atoms with Crippen molar-refractivity contribution in [1.29, 1.82) is 0 Å². The van der Waals surface area contributed by atoms with Gasteiger partial charge in [0.1, 0.15) is 11.7 Å². The number of benzene rings is 1. The molecule has 2 heterocycles. The number of fused-ring (bicyclic) bond motifs is 1. The van der Waals surface area contributed by atoms with Gasteiger partial charge in [0.2, 0.25) is 0 Å². The molecule has 14 heavy (non-hydrogen) atoms. The molecule has 2 unspecified atom stereocenters. The highest BCUT2D eigenvalue weighted by molar-refractivity contribution is 5.46. The Morgan fingerprint density at radius 1 is 1.29 bits per heavy atom. The van der Waals surface area contributed by atoms with Gasteiger partial charge in [-0.1, -0.05) is 24.3 Å². The van der Waals surface area contributed by atoms with Crippen molar-refractivity contribution in [2.24, 2.45) is 0 Å². The van der Waals surface area contributed by atoms with E-state index in [0.29, 0.717) is 0 Å². The Balaban J connectivity index is 2.30. The largest absolute Gasteiger partial charge is 0.223 e. The van der Waals surface area contributed by atoms with Crippen LogP contribution in [0.1, 0.15) is 31.1 Å². The average Bonchev–Trinajstić information content (AvgIpc) is 2.22. The van der Waals surface area contributed by atoms with Crippen LogP contribution in [-0.4, -0.2) is 0 Å². The Hall–Kier alpha value is -1.12. The monoisotopic (exact) mass is 188 g/mol. The summed E-state index contributed by atoms with van der Waals surface area (Å²) in [6.45, 7) is 4.14. The summed E-state index contributed by atoms with van der Waals surface area (Å²) in [6, 6.07) is 8.29. The molecular formula is C12H12O2. The fraction of sp³-hybridized carbons (Fsp3) is 0.333. The van der Waals surface area contributed by atoms with Crippen molar-refractivity contribution in [3.8, 4) is 0 Å². The van der Waals surface area contributed by atoms with Crippen LogP contribution in [0.3, 0.4) is 0 Å². The van der Waals surface area contributed by atoms with E-state index in [1.807, 2.05) is 19.1 Å². The molecule has 0 saturated carbocycles. The Bertz CT molecular complexity index is 422. The summed E-state index contributed by atoms with van der Waals surface area (Å²) >= 11 is 0. The second kappa shape index (κ2) is 2.47. The van der Waals surface area contributed by atoms with Gasteiger partial charge in [0.05, 0.1) is 0 Å². The first-order valence-electron chi connectivity index (χ1n) is 4.84. The van der Waals surface area contributed by atoms with Gasteiger partial charge in [-0.25, -0.2) is 9.78 Å². The van der Waals surface area contributed by atoms with Gasteiger partial charge in [-0.2, -0.15) is 0 Å². The summed E-state index contributed by atoms with van der Waals surface area (Å²) in [5, 5.41) is 0. The fourth-order valence-electron chi connectivity index (χ4n) is 2.21. The summed E-state index contributed by atoms with van der Waals surface area (Å²) in [6.07, 6.45) is 2.11. The predicted molar refractivity (Wildman–Crippen MR) is 52.5 cm³/mol. The molecule has 0 fully saturated rings. The van der Waals surface area contributed by atoms with E-state index in [-0.39, 0.29) is 11.7 Å². The van der Waals surface area contributed by atoms with Gasteiger partial charge in [-0.15, -0.1) is 0 Å². The van der Waals surface area contributed by atoms with E-state index in [1.54, 1.807) is 0 Å². The third-order valence-electron chi connectivity index (χ3n) is 3.25. The minimum Gasteiger partial charge on any atom is -0.223 e. The summed E-state index contributed by atoms with van der Waals surface area (Å²) < 4.78 is 0. The third kappa shape index (κ3) is 0.825. The lowest BCUT2D eigenvalue weighted by atomic mass is 9.78. The molecule has 0 saturated heterocycles. The molecule has 2 atom stereocenters. The molecule has 0 amide bonds. The molecule has 0 spiro atoms. The molecule has 2 bridgehead atoms. The van der Waals surface area contributed by atoms with E-state index in [4.69, 9.17) is 9.78 Å². The molecule has 0 N–H and O–H groups in total. The molecule has 2 aliphatic heterocycles. The van der Waals surface area contributed by atoms with Crippen LogP contribution >= 0.6 is 0 Å². The third-order valence-corrected chi connectivity index (χ3v) is 3.25. The maximum absolute atomic E-state index is 5.43. The minimum absolute atomic E-state index is 0.0203. The Morgan fingerprint density at radius 2 is 2.07 bits per heavy atom. The first-order chi connectivity index (χ1) is 6.72. The van der Waals surface area contributed by atoms with Crippen LogP contribution < -0.4 is 0 Å². The van der Waals surface area contributed by atoms with E-state index in [1.165, 1.54) is 16.7 Å². The lowest BCUT2D eigenvalue weighted by molar-refractivity contribution is -0.390. The van der Waals surface area contributed by atoms with Crippen LogP contribution in [0.4, 0.5) is 0 Å². The highest BCUT2D eigenvalue weighted by atomic mass is 17.2. The highest BCUT2D eigenvalue weighted by Gasteiger charge is 2.44. The van der Waals surface area contributed by atoms with E-state index in [9.17, 15) is 0 Å². The van der Waals surface area contributed by atoms with Crippen molar-refractivity contribution < 1.29 is 9.78 Å². The van der Waals surface area contributed by atoms with Crippen LogP contribution in [0.5, 0.6) is 0 Å². The van der Waals surface area contributed by atoms with Crippen molar-refractivity contribution >= 4 is 0 Å². The van der Waals surface area contributed by atoms with Crippen LogP contribution in [0.15, 0.2) is 35.9 Å². The molecule has 4 rings (SSSR count).